The topological polar surface area (TPSA) is 55.6 Å². The highest BCUT2D eigenvalue weighted by atomic mass is 19.1. The van der Waals surface area contributed by atoms with Crippen molar-refractivity contribution in [2.75, 3.05) is 31.7 Å². The molecule has 0 unspecified atom stereocenters. The lowest BCUT2D eigenvalue weighted by Gasteiger charge is -2.19. The minimum absolute atomic E-state index is 0.278. The second kappa shape index (κ2) is 5.97. The molecular formula is C13H17FN2O3. The first kappa shape index (κ1) is 13.7. The minimum Gasteiger partial charge on any atom is -0.379 e. The predicted octanol–water partition coefficient (Wildman–Crippen LogP) is 2.60. The van der Waals surface area contributed by atoms with Crippen molar-refractivity contribution in [3.05, 3.63) is 34.1 Å². The van der Waals surface area contributed by atoms with E-state index in [0.29, 0.717) is 19.1 Å². The van der Waals surface area contributed by atoms with Gasteiger partial charge in [0.25, 0.3) is 0 Å². The van der Waals surface area contributed by atoms with Crippen molar-refractivity contribution in [3.8, 4) is 0 Å². The SMILES string of the molecule is CN(CCOCC1CC1)c1cccc(F)c1[N+](=O)[O-]. The molecule has 1 saturated carbocycles. The average Bonchev–Trinajstić information content (AvgIpc) is 3.17. The molecular weight excluding hydrogens is 251 g/mol. The number of nitrogens with zero attached hydrogens (tertiary/aromatic N) is 2. The van der Waals surface area contributed by atoms with Crippen molar-refractivity contribution in [2.45, 2.75) is 12.8 Å². The van der Waals surface area contributed by atoms with Crippen LogP contribution in [0.2, 0.25) is 0 Å². The van der Waals surface area contributed by atoms with Crippen molar-refractivity contribution in [1.29, 1.82) is 0 Å². The van der Waals surface area contributed by atoms with Gasteiger partial charge in [0.2, 0.25) is 5.82 Å². The van der Waals surface area contributed by atoms with Gasteiger partial charge in [0.15, 0.2) is 0 Å². The van der Waals surface area contributed by atoms with E-state index in [9.17, 15) is 14.5 Å². The van der Waals surface area contributed by atoms with Crippen LogP contribution in [0.4, 0.5) is 15.8 Å². The van der Waals surface area contributed by atoms with Crippen molar-refractivity contribution in [3.63, 3.8) is 0 Å². The first-order valence-corrected chi connectivity index (χ1v) is 6.31. The normalized spacial score (nSPS) is 14.4. The zero-order chi connectivity index (χ0) is 13.8. The summed E-state index contributed by atoms with van der Waals surface area (Å²) in [6.45, 7) is 1.73. The number of hydrogen-bond donors (Lipinski definition) is 0. The van der Waals surface area contributed by atoms with Gasteiger partial charge in [-0.1, -0.05) is 6.07 Å². The van der Waals surface area contributed by atoms with Gasteiger partial charge in [0.1, 0.15) is 5.69 Å². The fourth-order valence-corrected chi connectivity index (χ4v) is 1.85. The standard InChI is InChI=1S/C13H17FN2O3/c1-15(7-8-19-9-10-5-6-10)12-4-2-3-11(14)13(12)16(17)18/h2-4,10H,5-9H2,1H3. The fraction of sp³-hybridized carbons (Fsp3) is 0.538. The van der Waals surface area contributed by atoms with Crippen LogP contribution < -0.4 is 4.90 Å². The molecule has 6 heteroatoms. The molecule has 0 bridgehead atoms. The number of nitro benzene ring substituents is 1. The molecule has 5 nitrogen and oxygen atoms in total. The molecule has 0 atom stereocenters. The third kappa shape index (κ3) is 3.64. The third-order valence-electron chi connectivity index (χ3n) is 3.18. The smallest absolute Gasteiger partial charge is 0.327 e. The highest BCUT2D eigenvalue weighted by molar-refractivity contribution is 5.63. The van der Waals surface area contributed by atoms with Gasteiger partial charge in [0.05, 0.1) is 11.5 Å². The van der Waals surface area contributed by atoms with Crippen molar-refractivity contribution < 1.29 is 14.1 Å². The van der Waals surface area contributed by atoms with Gasteiger partial charge >= 0.3 is 5.69 Å². The highest BCUT2D eigenvalue weighted by Crippen LogP contribution is 2.30. The van der Waals surface area contributed by atoms with E-state index in [1.54, 1.807) is 18.0 Å². The van der Waals surface area contributed by atoms with E-state index in [4.69, 9.17) is 4.74 Å². The minimum atomic E-state index is -0.812. The first-order valence-electron chi connectivity index (χ1n) is 6.31. The summed E-state index contributed by atoms with van der Waals surface area (Å²) < 4.78 is 18.9. The van der Waals surface area contributed by atoms with E-state index in [-0.39, 0.29) is 5.69 Å². The van der Waals surface area contributed by atoms with Crippen molar-refractivity contribution in [1.82, 2.24) is 0 Å². The second-order valence-electron chi connectivity index (χ2n) is 4.80. The number of rotatable bonds is 7. The van der Waals surface area contributed by atoms with Gasteiger partial charge in [-0.05, 0) is 30.9 Å². The van der Waals surface area contributed by atoms with E-state index in [2.05, 4.69) is 0 Å². The molecule has 104 valence electrons. The number of halogens is 1. The predicted molar refractivity (Wildman–Crippen MR) is 69.9 cm³/mol. The molecule has 1 aromatic rings. The summed E-state index contributed by atoms with van der Waals surface area (Å²) in [5.74, 6) is -0.123. The molecule has 0 aliphatic heterocycles. The number of benzene rings is 1. The Kier molecular flexibility index (Phi) is 4.31. The Morgan fingerprint density at radius 2 is 2.26 bits per heavy atom. The summed E-state index contributed by atoms with van der Waals surface area (Å²) >= 11 is 0. The molecule has 1 aliphatic rings. The summed E-state index contributed by atoms with van der Waals surface area (Å²) in [6.07, 6.45) is 2.45. The van der Waals surface area contributed by atoms with Crippen LogP contribution in [0.3, 0.4) is 0 Å². The summed E-state index contributed by atoms with van der Waals surface area (Å²) in [4.78, 5) is 11.8. The zero-order valence-corrected chi connectivity index (χ0v) is 10.8. The van der Waals surface area contributed by atoms with E-state index >= 15 is 0 Å². The Balaban J connectivity index is 1.95. The zero-order valence-electron chi connectivity index (χ0n) is 10.8. The van der Waals surface area contributed by atoms with Crippen LogP contribution in [0.15, 0.2) is 18.2 Å². The monoisotopic (exact) mass is 268 g/mol. The van der Waals surface area contributed by atoms with E-state index in [1.807, 2.05) is 0 Å². The van der Waals surface area contributed by atoms with Gasteiger partial charge < -0.3 is 9.64 Å². The van der Waals surface area contributed by atoms with E-state index in [0.717, 1.165) is 12.7 Å². The van der Waals surface area contributed by atoms with Crippen LogP contribution in [0, 0.1) is 21.8 Å². The van der Waals surface area contributed by atoms with Crippen molar-refractivity contribution in [2.24, 2.45) is 5.92 Å². The van der Waals surface area contributed by atoms with Gasteiger partial charge in [-0.2, -0.15) is 4.39 Å². The Labute approximate surface area is 111 Å². The third-order valence-corrected chi connectivity index (χ3v) is 3.18. The fourth-order valence-electron chi connectivity index (χ4n) is 1.85. The molecule has 1 aromatic carbocycles. The van der Waals surface area contributed by atoms with E-state index < -0.39 is 16.4 Å². The Hall–Kier alpha value is -1.69. The van der Waals surface area contributed by atoms with E-state index in [1.165, 1.54) is 18.9 Å². The molecule has 0 heterocycles. The Morgan fingerprint density at radius 1 is 1.53 bits per heavy atom. The van der Waals surface area contributed by atoms with Crippen LogP contribution in [0.1, 0.15) is 12.8 Å². The largest absolute Gasteiger partial charge is 0.379 e. The molecule has 0 spiro atoms. The van der Waals surface area contributed by atoms with Crippen LogP contribution in [-0.4, -0.2) is 31.7 Å². The first-order chi connectivity index (χ1) is 9.09. The number of ether oxygens (including phenoxy) is 1. The van der Waals surface area contributed by atoms with Gasteiger partial charge in [-0.15, -0.1) is 0 Å². The summed E-state index contributed by atoms with van der Waals surface area (Å²) in [6, 6.07) is 4.11. The van der Waals surface area contributed by atoms with Gasteiger partial charge in [-0.3, -0.25) is 10.1 Å². The Bertz CT molecular complexity index is 463. The lowest BCUT2D eigenvalue weighted by molar-refractivity contribution is -0.386. The molecule has 0 saturated heterocycles. The lowest BCUT2D eigenvalue weighted by atomic mass is 10.2. The number of hydrogen-bond acceptors (Lipinski definition) is 4. The average molecular weight is 268 g/mol. The molecule has 0 amide bonds. The lowest BCUT2D eigenvalue weighted by Crippen LogP contribution is -2.24. The van der Waals surface area contributed by atoms with Crippen LogP contribution in [0.5, 0.6) is 0 Å². The highest BCUT2D eigenvalue weighted by Gasteiger charge is 2.23. The number of likely N-dealkylation sites (N-methyl/N-ethyl adjacent to an activating group) is 1. The maximum atomic E-state index is 13.5. The van der Waals surface area contributed by atoms with Gasteiger partial charge in [0, 0.05) is 20.2 Å². The van der Waals surface area contributed by atoms with Crippen LogP contribution >= 0.6 is 0 Å². The second-order valence-corrected chi connectivity index (χ2v) is 4.80. The van der Waals surface area contributed by atoms with Crippen LogP contribution in [0.25, 0.3) is 0 Å². The quantitative estimate of drug-likeness (QED) is 0.433. The molecule has 0 N–H and O–H groups in total. The molecule has 0 radical (unpaired) electrons. The van der Waals surface area contributed by atoms with Crippen LogP contribution in [-0.2, 0) is 4.74 Å². The summed E-state index contributed by atoms with van der Waals surface area (Å²) in [5, 5.41) is 10.9. The molecule has 1 aliphatic carbocycles. The number of nitro groups is 1. The van der Waals surface area contributed by atoms with Crippen molar-refractivity contribution >= 4 is 11.4 Å². The molecule has 0 aromatic heterocycles. The number of anilines is 1. The van der Waals surface area contributed by atoms with Gasteiger partial charge in [-0.25, -0.2) is 0 Å². The maximum Gasteiger partial charge on any atom is 0.327 e. The number of para-hydroxylation sites is 1. The summed E-state index contributed by atoms with van der Waals surface area (Å²) in [5.41, 5.74) is -0.202. The summed E-state index contributed by atoms with van der Waals surface area (Å²) in [7, 11) is 1.70. The maximum absolute atomic E-state index is 13.5. The molecule has 1 fully saturated rings. The Morgan fingerprint density at radius 3 is 2.89 bits per heavy atom. The molecule has 2 rings (SSSR count). The molecule has 19 heavy (non-hydrogen) atoms.